The zero-order valence-electron chi connectivity index (χ0n) is 17.2. The lowest BCUT2D eigenvalue weighted by molar-refractivity contribution is -0.134. The molecule has 0 spiro atoms. The lowest BCUT2D eigenvalue weighted by Gasteiger charge is -2.34. The molecule has 2 aromatic carbocycles. The molecule has 156 valence electrons. The molecule has 1 aliphatic heterocycles. The fourth-order valence-electron chi connectivity index (χ4n) is 3.81. The summed E-state index contributed by atoms with van der Waals surface area (Å²) < 4.78 is 18.9. The van der Waals surface area contributed by atoms with Crippen LogP contribution in [-0.4, -0.2) is 48.0 Å². The third kappa shape index (κ3) is 6.86. The zero-order valence-corrected chi connectivity index (χ0v) is 17.2. The first-order valence-electron chi connectivity index (χ1n) is 10.6. The van der Waals surface area contributed by atoms with E-state index < -0.39 is 0 Å². The van der Waals surface area contributed by atoms with E-state index in [0.29, 0.717) is 24.9 Å². The van der Waals surface area contributed by atoms with Crippen LogP contribution in [0.3, 0.4) is 0 Å². The van der Waals surface area contributed by atoms with Gasteiger partial charge < -0.3 is 14.5 Å². The van der Waals surface area contributed by atoms with Crippen LogP contribution >= 0.6 is 0 Å². The van der Waals surface area contributed by atoms with Crippen LogP contribution in [0.15, 0.2) is 54.6 Å². The molecule has 1 aliphatic rings. The Labute approximate surface area is 173 Å². The fraction of sp³-hybridized carbons (Fsp3) is 0.458. The Kier molecular flexibility index (Phi) is 8.05. The number of nitrogens with zero attached hydrogens (tertiary/aromatic N) is 2. The highest BCUT2D eigenvalue weighted by atomic mass is 19.1. The molecule has 0 aliphatic carbocycles. The maximum Gasteiger partial charge on any atom is 0.260 e. The molecule has 1 fully saturated rings. The van der Waals surface area contributed by atoms with Crippen molar-refractivity contribution in [3.8, 4) is 5.75 Å². The molecule has 0 bridgehead atoms. The van der Waals surface area contributed by atoms with Gasteiger partial charge in [-0.05, 0) is 62.6 Å². The summed E-state index contributed by atoms with van der Waals surface area (Å²) in [5.41, 5.74) is 0.922. The smallest absolute Gasteiger partial charge is 0.260 e. The van der Waals surface area contributed by atoms with Gasteiger partial charge in [-0.3, -0.25) is 4.79 Å². The average Bonchev–Trinajstić information content (AvgIpc) is 2.75. The highest BCUT2D eigenvalue weighted by Crippen LogP contribution is 2.17. The summed E-state index contributed by atoms with van der Waals surface area (Å²) in [7, 11) is 0. The summed E-state index contributed by atoms with van der Waals surface area (Å²) in [5, 5.41) is 0. The number of hydrogen-bond donors (Lipinski definition) is 0. The quantitative estimate of drug-likeness (QED) is 0.624. The first kappa shape index (κ1) is 21.3. The maximum absolute atomic E-state index is 13.2. The van der Waals surface area contributed by atoms with E-state index in [0.717, 1.165) is 25.1 Å². The van der Waals surface area contributed by atoms with Crippen LogP contribution in [0.2, 0.25) is 0 Å². The average molecular weight is 399 g/mol. The molecular formula is C24H31FN2O2. The van der Waals surface area contributed by atoms with Crippen LogP contribution < -0.4 is 4.74 Å². The summed E-state index contributed by atoms with van der Waals surface area (Å²) in [5.74, 6) is 0.368. The Morgan fingerprint density at radius 1 is 1.14 bits per heavy atom. The Morgan fingerprint density at radius 2 is 1.90 bits per heavy atom. The number of hydrogen-bond acceptors (Lipinski definition) is 3. The van der Waals surface area contributed by atoms with Gasteiger partial charge in [-0.1, -0.05) is 36.8 Å². The molecule has 1 amide bonds. The van der Waals surface area contributed by atoms with Gasteiger partial charge in [0.15, 0.2) is 6.61 Å². The van der Waals surface area contributed by atoms with Gasteiger partial charge >= 0.3 is 0 Å². The third-order valence-corrected chi connectivity index (χ3v) is 5.56. The van der Waals surface area contributed by atoms with Gasteiger partial charge in [0.1, 0.15) is 11.6 Å². The van der Waals surface area contributed by atoms with Crippen LogP contribution in [-0.2, 0) is 11.3 Å². The zero-order chi connectivity index (χ0) is 20.5. The molecule has 4 nitrogen and oxygen atoms in total. The van der Waals surface area contributed by atoms with Crippen LogP contribution in [0.5, 0.6) is 5.75 Å². The van der Waals surface area contributed by atoms with E-state index in [-0.39, 0.29) is 18.3 Å². The van der Waals surface area contributed by atoms with E-state index in [1.807, 2.05) is 35.2 Å². The van der Waals surface area contributed by atoms with Crippen LogP contribution in [0.4, 0.5) is 4.39 Å². The molecular weight excluding hydrogens is 367 g/mol. The predicted octanol–water partition coefficient (Wildman–Crippen LogP) is 4.50. The van der Waals surface area contributed by atoms with Crippen molar-refractivity contribution in [1.29, 1.82) is 0 Å². The molecule has 0 radical (unpaired) electrons. The Bertz CT molecular complexity index is 751. The van der Waals surface area contributed by atoms with Gasteiger partial charge in [0.2, 0.25) is 0 Å². The highest BCUT2D eigenvalue weighted by molar-refractivity contribution is 5.77. The monoisotopic (exact) mass is 398 g/mol. The molecule has 0 aromatic heterocycles. The Balaban J connectivity index is 1.57. The molecule has 2 aromatic rings. The number of para-hydroxylation sites is 1. The first-order valence-corrected chi connectivity index (χ1v) is 10.6. The van der Waals surface area contributed by atoms with Gasteiger partial charge in [0.05, 0.1) is 0 Å². The summed E-state index contributed by atoms with van der Waals surface area (Å²) in [6, 6.07) is 16.3. The molecule has 5 heteroatoms. The van der Waals surface area contributed by atoms with E-state index in [2.05, 4.69) is 11.8 Å². The number of rotatable bonds is 9. The number of carbonyl (C=O) groups excluding carboxylic acids is 1. The summed E-state index contributed by atoms with van der Waals surface area (Å²) in [6.07, 6.45) is 4.74. The largest absolute Gasteiger partial charge is 0.484 e. The minimum atomic E-state index is -0.266. The van der Waals surface area contributed by atoms with Crippen LogP contribution in [0.1, 0.15) is 38.2 Å². The van der Waals surface area contributed by atoms with Gasteiger partial charge in [0.25, 0.3) is 5.91 Å². The normalized spacial score (nSPS) is 17.1. The maximum atomic E-state index is 13.2. The molecule has 1 heterocycles. The lowest BCUT2D eigenvalue weighted by atomic mass is 10.0. The van der Waals surface area contributed by atoms with Gasteiger partial charge in [-0.15, -0.1) is 0 Å². The Morgan fingerprint density at radius 3 is 2.62 bits per heavy atom. The second-order valence-corrected chi connectivity index (χ2v) is 7.78. The van der Waals surface area contributed by atoms with Crippen molar-refractivity contribution in [2.75, 3.05) is 26.2 Å². The standard InChI is InChI=1S/C24H31FN2O2/c1-20-8-5-6-15-26(20)16-7-17-27(18-21-11-13-22(25)14-12-21)24(28)19-29-23-9-3-2-4-10-23/h2-4,9-14,20H,5-8,15-19H2,1H3. The summed E-state index contributed by atoms with van der Waals surface area (Å²) in [4.78, 5) is 17.2. The van der Waals surface area contributed by atoms with Crippen molar-refractivity contribution >= 4 is 5.91 Å². The number of piperidine rings is 1. The van der Waals surface area contributed by atoms with Crippen molar-refractivity contribution in [3.05, 3.63) is 66.0 Å². The highest BCUT2D eigenvalue weighted by Gasteiger charge is 2.19. The van der Waals surface area contributed by atoms with Crippen molar-refractivity contribution in [3.63, 3.8) is 0 Å². The minimum Gasteiger partial charge on any atom is -0.484 e. The first-order chi connectivity index (χ1) is 14.1. The third-order valence-electron chi connectivity index (χ3n) is 5.56. The van der Waals surface area contributed by atoms with Gasteiger partial charge in [-0.25, -0.2) is 4.39 Å². The number of carbonyl (C=O) groups is 1. The van der Waals surface area contributed by atoms with E-state index >= 15 is 0 Å². The van der Waals surface area contributed by atoms with Crippen LogP contribution in [0.25, 0.3) is 0 Å². The van der Waals surface area contributed by atoms with Crippen molar-refractivity contribution < 1.29 is 13.9 Å². The fourth-order valence-corrected chi connectivity index (χ4v) is 3.81. The van der Waals surface area contributed by atoms with E-state index in [1.165, 1.54) is 31.4 Å². The molecule has 1 saturated heterocycles. The Hall–Kier alpha value is -2.40. The predicted molar refractivity (Wildman–Crippen MR) is 113 cm³/mol. The lowest BCUT2D eigenvalue weighted by Crippen LogP contribution is -2.40. The van der Waals surface area contributed by atoms with Gasteiger partial charge in [-0.2, -0.15) is 0 Å². The SMILES string of the molecule is CC1CCCCN1CCCN(Cc1ccc(F)cc1)C(=O)COc1ccccc1. The van der Waals surface area contributed by atoms with E-state index in [4.69, 9.17) is 4.74 Å². The second kappa shape index (κ2) is 11.0. The molecule has 1 unspecified atom stereocenters. The number of likely N-dealkylation sites (tertiary alicyclic amines) is 1. The topological polar surface area (TPSA) is 32.8 Å². The second-order valence-electron chi connectivity index (χ2n) is 7.78. The van der Waals surface area contributed by atoms with Crippen molar-refractivity contribution in [1.82, 2.24) is 9.80 Å². The van der Waals surface area contributed by atoms with Crippen molar-refractivity contribution in [2.24, 2.45) is 0 Å². The number of amides is 1. The van der Waals surface area contributed by atoms with E-state index in [9.17, 15) is 9.18 Å². The number of benzene rings is 2. The van der Waals surface area contributed by atoms with E-state index in [1.54, 1.807) is 12.1 Å². The molecule has 3 rings (SSSR count). The van der Waals surface area contributed by atoms with Crippen LogP contribution in [0, 0.1) is 5.82 Å². The number of halogens is 1. The van der Waals surface area contributed by atoms with Gasteiger partial charge in [0, 0.05) is 25.7 Å². The number of ether oxygens (including phenoxy) is 1. The molecule has 29 heavy (non-hydrogen) atoms. The molecule has 1 atom stereocenters. The summed E-state index contributed by atoms with van der Waals surface area (Å²) in [6.45, 7) is 5.56. The van der Waals surface area contributed by atoms with Crippen molar-refractivity contribution in [2.45, 2.75) is 45.2 Å². The minimum absolute atomic E-state index is 0.00528. The molecule has 0 N–H and O–H groups in total. The molecule has 0 saturated carbocycles. The summed E-state index contributed by atoms with van der Waals surface area (Å²) >= 11 is 0.